The summed E-state index contributed by atoms with van der Waals surface area (Å²) in [5.41, 5.74) is 1.60. The second-order valence-corrected chi connectivity index (χ2v) is 5.48. The molecular formula is C13H20N4O3. The average molecular weight is 280 g/mol. The molecule has 7 nitrogen and oxygen atoms in total. The molecule has 2 amide bonds. The van der Waals surface area contributed by atoms with Gasteiger partial charge in [0.05, 0.1) is 12.6 Å². The maximum atomic E-state index is 11.7. The van der Waals surface area contributed by atoms with Crippen LogP contribution in [0.4, 0.5) is 4.79 Å². The lowest BCUT2D eigenvalue weighted by atomic mass is 9.66. The van der Waals surface area contributed by atoms with Gasteiger partial charge in [0.1, 0.15) is 0 Å². The van der Waals surface area contributed by atoms with Gasteiger partial charge < -0.3 is 15.7 Å². The van der Waals surface area contributed by atoms with E-state index in [0.29, 0.717) is 13.1 Å². The third-order valence-electron chi connectivity index (χ3n) is 3.94. The molecule has 7 heteroatoms. The van der Waals surface area contributed by atoms with Crippen molar-refractivity contribution >= 4 is 12.0 Å². The monoisotopic (exact) mass is 280 g/mol. The van der Waals surface area contributed by atoms with Crippen LogP contribution in [0.3, 0.4) is 0 Å². The molecule has 1 aromatic heterocycles. The lowest BCUT2D eigenvalue weighted by Crippen LogP contribution is -2.46. The molecule has 4 N–H and O–H groups in total. The van der Waals surface area contributed by atoms with Crippen molar-refractivity contribution in [2.75, 3.05) is 6.54 Å². The predicted molar refractivity (Wildman–Crippen MR) is 72.1 cm³/mol. The summed E-state index contributed by atoms with van der Waals surface area (Å²) < 4.78 is 0. The van der Waals surface area contributed by atoms with Crippen LogP contribution in [0.1, 0.15) is 36.9 Å². The van der Waals surface area contributed by atoms with Crippen molar-refractivity contribution in [2.45, 2.75) is 39.2 Å². The quantitative estimate of drug-likeness (QED) is 0.627. The molecule has 0 bridgehead atoms. The molecule has 1 fully saturated rings. The summed E-state index contributed by atoms with van der Waals surface area (Å²) in [6.45, 7) is 2.70. The number of nitrogens with zero attached hydrogens (tertiary/aromatic N) is 1. The van der Waals surface area contributed by atoms with Gasteiger partial charge in [-0.25, -0.2) is 4.79 Å². The molecule has 0 aliphatic heterocycles. The second kappa shape index (κ2) is 5.94. The molecule has 1 saturated carbocycles. The van der Waals surface area contributed by atoms with Gasteiger partial charge in [-0.05, 0) is 25.2 Å². The van der Waals surface area contributed by atoms with Crippen molar-refractivity contribution in [3.8, 4) is 0 Å². The first kappa shape index (κ1) is 14.4. The number of aryl methyl sites for hydroxylation is 1. The van der Waals surface area contributed by atoms with Crippen LogP contribution in [0, 0.1) is 12.3 Å². The Morgan fingerprint density at radius 1 is 1.45 bits per heavy atom. The maximum Gasteiger partial charge on any atom is 0.315 e. The van der Waals surface area contributed by atoms with Gasteiger partial charge in [-0.1, -0.05) is 6.42 Å². The molecule has 0 unspecified atom stereocenters. The van der Waals surface area contributed by atoms with Crippen LogP contribution >= 0.6 is 0 Å². The highest BCUT2D eigenvalue weighted by molar-refractivity contribution is 5.74. The van der Waals surface area contributed by atoms with E-state index in [1.54, 1.807) is 6.20 Å². The minimum Gasteiger partial charge on any atom is -0.481 e. The summed E-state index contributed by atoms with van der Waals surface area (Å²) in [5, 5.41) is 21.1. The highest BCUT2D eigenvalue weighted by Crippen LogP contribution is 2.43. The van der Waals surface area contributed by atoms with Crippen molar-refractivity contribution in [1.82, 2.24) is 20.8 Å². The molecule has 0 saturated heterocycles. The van der Waals surface area contributed by atoms with Crippen LogP contribution in [0.5, 0.6) is 0 Å². The van der Waals surface area contributed by atoms with E-state index in [9.17, 15) is 9.59 Å². The number of amides is 2. The third-order valence-corrected chi connectivity index (χ3v) is 3.94. The highest BCUT2D eigenvalue weighted by atomic mass is 16.4. The number of hydrogen-bond donors (Lipinski definition) is 4. The fourth-order valence-corrected chi connectivity index (χ4v) is 2.47. The summed E-state index contributed by atoms with van der Waals surface area (Å²) in [4.78, 5) is 22.6. The minimum atomic E-state index is -0.805. The summed E-state index contributed by atoms with van der Waals surface area (Å²) in [7, 11) is 0. The molecule has 2 rings (SSSR count). The number of carbonyl (C=O) groups excluding carboxylic acids is 1. The van der Waals surface area contributed by atoms with Crippen LogP contribution in [0.25, 0.3) is 0 Å². The Morgan fingerprint density at radius 3 is 2.70 bits per heavy atom. The van der Waals surface area contributed by atoms with Crippen molar-refractivity contribution in [3.63, 3.8) is 0 Å². The highest BCUT2D eigenvalue weighted by Gasteiger charge is 2.39. The molecule has 1 heterocycles. The molecular weight excluding hydrogens is 260 g/mol. The standard InChI is InChI=1S/C13H20N4O3/c1-9-10(7-16-17-9)6-14-12(20)15-8-13(3-2-4-13)5-11(18)19/h7H,2-6,8H2,1H3,(H,16,17)(H,18,19)(H2,14,15,20). The predicted octanol–water partition coefficient (Wildman–Crippen LogP) is 1.16. The first-order chi connectivity index (χ1) is 9.51. The zero-order chi connectivity index (χ0) is 14.6. The Hall–Kier alpha value is -2.05. The zero-order valence-electron chi connectivity index (χ0n) is 11.5. The van der Waals surface area contributed by atoms with E-state index in [0.717, 1.165) is 30.5 Å². The number of nitrogens with one attached hydrogen (secondary N) is 3. The molecule has 1 aliphatic rings. The summed E-state index contributed by atoms with van der Waals surface area (Å²) in [6.07, 6.45) is 4.55. The van der Waals surface area contributed by atoms with Crippen LogP contribution < -0.4 is 10.6 Å². The Morgan fingerprint density at radius 2 is 2.20 bits per heavy atom. The van der Waals surface area contributed by atoms with Crippen LogP contribution in [0.2, 0.25) is 0 Å². The molecule has 0 atom stereocenters. The van der Waals surface area contributed by atoms with Crippen molar-refractivity contribution in [1.29, 1.82) is 0 Å². The Kier molecular flexibility index (Phi) is 4.26. The Bertz CT molecular complexity index is 494. The number of aromatic nitrogens is 2. The topological polar surface area (TPSA) is 107 Å². The van der Waals surface area contributed by atoms with E-state index in [1.807, 2.05) is 6.92 Å². The first-order valence-electron chi connectivity index (χ1n) is 6.73. The van der Waals surface area contributed by atoms with Gasteiger partial charge in [-0.2, -0.15) is 5.10 Å². The van der Waals surface area contributed by atoms with Gasteiger partial charge in [0.25, 0.3) is 0 Å². The number of urea groups is 1. The van der Waals surface area contributed by atoms with Gasteiger partial charge in [0, 0.05) is 24.3 Å². The fourth-order valence-electron chi connectivity index (χ4n) is 2.47. The van der Waals surface area contributed by atoms with Crippen molar-refractivity contribution < 1.29 is 14.7 Å². The normalized spacial score (nSPS) is 16.2. The summed E-state index contributed by atoms with van der Waals surface area (Å²) in [6, 6.07) is -0.276. The number of carboxylic acid groups (broad SMARTS) is 1. The number of hydrogen-bond acceptors (Lipinski definition) is 3. The SMILES string of the molecule is Cc1[nH]ncc1CNC(=O)NCC1(CC(=O)O)CCC1. The van der Waals surface area contributed by atoms with Gasteiger partial charge in [-0.15, -0.1) is 0 Å². The number of carbonyl (C=O) groups is 2. The second-order valence-electron chi connectivity index (χ2n) is 5.48. The van der Waals surface area contributed by atoms with E-state index >= 15 is 0 Å². The number of aliphatic carboxylic acids is 1. The van der Waals surface area contributed by atoms with Gasteiger partial charge >= 0.3 is 12.0 Å². The van der Waals surface area contributed by atoms with E-state index in [2.05, 4.69) is 20.8 Å². The van der Waals surface area contributed by atoms with Crippen molar-refractivity contribution in [3.05, 3.63) is 17.5 Å². The number of aromatic amines is 1. The first-order valence-corrected chi connectivity index (χ1v) is 6.73. The third kappa shape index (κ3) is 3.49. The number of rotatable bonds is 6. The molecule has 1 aromatic rings. The number of H-pyrrole nitrogens is 1. The van der Waals surface area contributed by atoms with E-state index in [4.69, 9.17) is 5.11 Å². The molecule has 110 valence electrons. The molecule has 0 spiro atoms. The molecule has 20 heavy (non-hydrogen) atoms. The summed E-state index contributed by atoms with van der Waals surface area (Å²) in [5.74, 6) is -0.805. The van der Waals surface area contributed by atoms with E-state index in [1.165, 1.54) is 0 Å². The lowest BCUT2D eigenvalue weighted by Gasteiger charge is -2.40. The number of carboxylic acids is 1. The lowest BCUT2D eigenvalue weighted by molar-refractivity contribution is -0.141. The molecule has 1 aliphatic carbocycles. The van der Waals surface area contributed by atoms with E-state index < -0.39 is 5.97 Å². The summed E-state index contributed by atoms with van der Waals surface area (Å²) >= 11 is 0. The maximum absolute atomic E-state index is 11.7. The van der Waals surface area contributed by atoms with Gasteiger partial charge in [0.15, 0.2) is 0 Å². The zero-order valence-corrected chi connectivity index (χ0v) is 11.5. The minimum absolute atomic E-state index is 0.119. The van der Waals surface area contributed by atoms with Gasteiger partial charge in [-0.3, -0.25) is 9.89 Å². The molecule has 0 radical (unpaired) electrons. The van der Waals surface area contributed by atoms with Crippen LogP contribution in [-0.2, 0) is 11.3 Å². The van der Waals surface area contributed by atoms with Crippen molar-refractivity contribution in [2.24, 2.45) is 5.41 Å². The van der Waals surface area contributed by atoms with E-state index in [-0.39, 0.29) is 17.9 Å². The Balaban J connectivity index is 1.74. The largest absolute Gasteiger partial charge is 0.481 e. The van der Waals surface area contributed by atoms with Crippen LogP contribution in [-0.4, -0.2) is 33.8 Å². The smallest absolute Gasteiger partial charge is 0.315 e. The Labute approximate surface area is 117 Å². The molecule has 0 aromatic carbocycles. The van der Waals surface area contributed by atoms with Gasteiger partial charge in [0.2, 0.25) is 0 Å². The average Bonchev–Trinajstić information content (AvgIpc) is 2.75. The fraction of sp³-hybridized carbons (Fsp3) is 0.615. The van der Waals surface area contributed by atoms with Crippen LogP contribution in [0.15, 0.2) is 6.20 Å².